The summed E-state index contributed by atoms with van der Waals surface area (Å²) in [5, 5.41) is 3.07. The highest BCUT2D eigenvalue weighted by molar-refractivity contribution is 5.32. The Labute approximate surface area is 104 Å². The smallest absolute Gasteiger partial charge is 0.351 e. The van der Waals surface area contributed by atoms with Crippen molar-refractivity contribution in [1.82, 2.24) is 9.97 Å². The zero-order valence-electron chi connectivity index (χ0n) is 10.2. The Morgan fingerprint density at radius 2 is 2.11 bits per heavy atom. The average molecular weight is 259 g/mol. The Hall–Kier alpha value is -1.33. The van der Waals surface area contributed by atoms with Crippen molar-refractivity contribution >= 4 is 5.95 Å². The number of halogens is 3. The third-order valence-corrected chi connectivity index (χ3v) is 3.10. The van der Waals surface area contributed by atoms with E-state index in [1.807, 2.05) is 6.92 Å². The molecule has 1 aromatic heterocycles. The highest BCUT2D eigenvalue weighted by atomic mass is 19.4. The normalized spacial score (nSPS) is 16.4. The average Bonchev–Trinajstić information content (AvgIpc) is 2.23. The molecule has 1 saturated carbocycles. The summed E-state index contributed by atoms with van der Waals surface area (Å²) < 4.78 is 38.2. The summed E-state index contributed by atoms with van der Waals surface area (Å²) in [6.07, 6.45) is 0.680. The maximum Gasteiger partial charge on any atom is 0.419 e. The van der Waals surface area contributed by atoms with Crippen molar-refractivity contribution in [3.05, 3.63) is 17.5 Å². The molecule has 0 aromatic carbocycles. The van der Waals surface area contributed by atoms with Gasteiger partial charge in [-0.2, -0.15) is 13.2 Å². The maximum atomic E-state index is 12.7. The van der Waals surface area contributed by atoms with Gasteiger partial charge in [-0.1, -0.05) is 13.3 Å². The number of rotatable bonds is 4. The molecule has 100 valence electrons. The van der Waals surface area contributed by atoms with Crippen LogP contribution < -0.4 is 5.32 Å². The third-order valence-electron chi connectivity index (χ3n) is 3.10. The first kappa shape index (κ1) is 13.1. The first-order chi connectivity index (χ1) is 8.50. The van der Waals surface area contributed by atoms with E-state index >= 15 is 0 Å². The van der Waals surface area contributed by atoms with E-state index < -0.39 is 11.7 Å². The van der Waals surface area contributed by atoms with Gasteiger partial charge in [0.25, 0.3) is 0 Å². The van der Waals surface area contributed by atoms with Crippen LogP contribution >= 0.6 is 0 Å². The van der Waals surface area contributed by atoms with Gasteiger partial charge in [0, 0.05) is 12.2 Å². The van der Waals surface area contributed by atoms with E-state index in [4.69, 9.17) is 0 Å². The van der Waals surface area contributed by atoms with Gasteiger partial charge in [0.05, 0.1) is 11.3 Å². The van der Waals surface area contributed by atoms with E-state index in [-0.39, 0.29) is 5.69 Å². The molecule has 1 N–H and O–H groups in total. The van der Waals surface area contributed by atoms with Gasteiger partial charge in [0.15, 0.2) is 0 Å². The number of aryl methyl sites for hydroxylation is 1. The van der Waals surface area contributed by atoms with E-state index in [2.05, 4.69) is 15.3 Å². The molecule has 0 aliphatic heterocycles. The van der Waals surface area contributed by atoms with E-state index in [1.165, 1.54) is 0 Å². The lowest BCUT2D eigenvalue weighted by atomic mass is 9.93. The molecule has 3 nitrogen and oxygen atoms in total. The minimum Gasteiger partial charge on any atom is -0.351 e. The van der Waals surface area contributed by atoms with Crippen molar-refractivity contribution in [2.24, 2.45) is 0 Å². The van der Waals surface area contributed by atoms with Gasteiger partial charge < -0.3 is 5.32 Å². The molecule has 2 rings (SSSR count). The highest BCUT2D eigenvalue weighted by Crippen LogP contribution is 2.32. The quantitative estimate of drug-likeness (QED) is 0.900. The van der Waals surface area contributed by atoms with Crippen LogP contribution in [0.3, 0.4) is 0 Å². The zero-order valence-corrected chi connectivity index (χ0v) is 10.2. The Bertz CT molecular complexity index is 414. The number of anilines is 1. The number of alkyl halides is 3. The first-order valence-electron chi connectivity index (χ1n) is 6.20. The molecule has 1 aromatic rings. The van der Waals surface area contributed by atoms with Crippen molar-refractivity contribution in [2.45, 2.75) is 51.2 Å². The fourth-order valence-electron chi connectivity index (χ4n) is 1.89. The van der Waals surface area contributed by atoms with Crippen molar-refractivity contribution in [3.63, 3.8) is 0 Å². The van der Waals surface area contributed by atoms with Crippen LogP contribution in [0.1, 0.15) is 43.9 Å². The minimum atomic E-state index is -4.38. The predicted molar refractivity (Wildman–Crippen MR) is 62.3 cm³/mol. The van der Waals surface area contributed by atoms with Crippen molar-refractivity contribution in [2.75, 3.05) is 5.32 Å². The molecule has 18 heavy (non-hydrogen) atoms. The molecule has 0 bridgehead atoms. The van der Waals surface area contributed by atoms with Crippen molar-refractivity contribution < 1.29 is 13.2 Å². The third kappa shape index (κ3) is 2.91. The summed E-state index contributed by atoms with van der Waals surface area (Å²) in [6.45, 7) is 1.83. The molecule has 1 fully saturated rings. The Morgan fingerprint density at radius 1 is 1.39 bits per heavy atom. The van der Waals surface area contributed by atoms with E-state index in [0.717, 1.165) is 25.5 Å². The Kier molecular flexibility index (Phi) is 3.73. The van der Waals surface area contributed by atoms with Crippen LogP contribution in [0.4, 0.5) is 19.1 Å². The van der Waals surface area contributed by atoms with Gasteiger partial charge in [-0.3, -0.25) is 0 Å². The standard InChI is InChI=1S/C12H16F3N3/c1-2-4-10-9(12(13,14)15)7-16-11(18-10)17-8-5-3-6-8/h7-8H,2-6H2,1H3,(H,16,17,18). The highest BCUT2D eigenvalue weighted by Gasteiger charge is 2.34. The number of hydrogen-bond donors (Lipinski definition) is 1. The molecule has 0 atom stereocenters. The number of aromatic nitrogens is 2. The van der Waals surface area contributed by atoms with Crippen LogP contribution in [0.25, 0.3) is 0 Å². The minimum absolute atomic E-state index is 0.0850. The largest absolute Gasteiger partial charge is 0.419 e. The molecular formula is C12H16F3N3. The summed E-state index contributed by atoms with van der Waals surface area (Å²) in [5.74, 6) is 0.316. The van der Waals surface area contributed by atoms with Crippen LogP contribution in [0, 0.1) is 0 Å². The van der Waals surface area contributed by atoms with Crippen LogP contribution in [0.5, 0.6) is 0 Å². The second kappa shape index (κ2) is 5.12. The molecule has 0 saturated heterocycles. The van der Waals surface area contributed by atoms with Gasteiger partial charge in [0.2, 0.25) is 5.95 Å². The summed E-state index contributed by atoms with van der Waals surface area (Å²) >= 11 is 0. The van der Waals surface area contributed by atoms with Crippen LogP contribution in [-0.2, 0) is 12.6 Å². The zero-order chi connectivity index (χ0) is 13.2. The molecule has 0 unspecified atom stereocenters. The second-order valence-corrected chi connectivity index (χ2v) is 4.57. The second-order valence-electron chi connectivity index (χ2n) is 4.57. The summed E-state index contributed by atoms with van der Waals surface area (Å²) in [6, 6.07) is 0.316. The van der Waals surface area contributed by atoms with Gasteiger partial charge in [-0.25, -0.2) is 9.97 Å². The van der Waals surface area contributed by atoms with Crippen LogP contribution in [0.2, 0.25) is 0 Å². The van der Waals surface area contributed by atoms with Gasteiger partial charge >= 0.3 is 6.18 Å². The number of hydrogen-bond acceptors (Lipinski definition) is 3. The summed E-state index contributed by atoms with van der Waals surface area (Å²) in [4.78, 5) is 7.78. The maximum absolute atomic E-state index is 12.7. The lowest BCUT2D eigenvalue weighted by Crippen LogP contribution is -2.28. The molecule has 1 aliphatic carbocycles. The van der Waals surface area contributed by atoms with Crippen LogP contribution in [-0.4, -0.2) is 16.0 Å². The van der Waals surface area contributed by atoms with Gasteiger partial charge in [-0.15, -0.1) is 0 Å². The van der Waals surface area contributed by atoms with E-state index in [1.54, 1.807) is 0 Å². The van der Waals surface area contributed by atoms with Gasteiger partial charge in [0.1, 0.15) is 0 Å². The summed E-state index contributed by atoms with van der Waals surface area (Å²) in [7, 11) is 0. The lowest BCUT2D eigenvalue weighted by molar-refractivity contribution is -0.138. The first-order valence-corrected chi connectivity index (χ1v) is 6.20. The fraction of sp³-hybridized carbons (Fsp3) is 0.667. The molecular weight excluding hydrogens is 243 g/mol. The number of nitrogens with one attached hydrogen (secondary N) is 1. The molecule has 0 amide bonds. The Balaban J connectivity index is 2.21. The Morgan fingerprint density at radius 3 is 2.61 bits per heavy atom. The van der Waals surface area contributed by atoms with E-state index in [0.29, 0.717) is 24.8 Å². The summed E-state index contributed by atoms with van der Waals surface area (Å²) in [5.41, 5.74) is -0.634. The fourth-order valence-corrected chi connectivity index (χ4v) is 1.89. The monoisotopic (exact) mass is 259 g/mol. The molecule has 1 heterocycles. The molecule has 6 heteroatoms. The molecule has 0 radical (unpaired) electrons. The predicted octanol–water partition coefficient (Wildman–Crippen LogP) is 3.41. The molecule has 1 aliphatic rings. The number of nitrogens with zero attached hydrogens (tertiary/aromatic N) is 2. The lowest BCUT2D eigenvalue weighted by Gasteiger charge is -2.26. The van der Waals surface area contributed by atoms with Crippen LogP contribution in [0.15, 0.2) is 6.20 Å². The topological polar surface area (TPSA) is 37.8 Å². The SMILES string of the molecule is CCCc1nc(NC2CCC2)ncc1C(F)(F)F. The van der Waals surface area contributed by atoms with Crippen molar-refractivity contribution in [3.8, 4) is 0 Å². The molecule has 0 spiro atoms. The van der Waals surface area contributed by atoms with E-state index in [9.17, 15) is 13.2 Å². The van der Waals surface area contributed by atoms with Crippen molar-refractivity contribution in [1.29, 1.82) is 0 Å². The van der Waals surface area contributed by atoms with Gasteiger partial charge in [-0.05, 0) is 25.7 Å².